The van der Waals surface area contributed by atoms with Crippen molar-refractivity contribution in [1.82, 2.24) is 9.78 Å². The number of carbonyl (C=O) groups excluding carboxylic acids is 1. The Labute approximate surface area is 147 Å². The van der Waals surface area contributed by atoms with Crippen LogP contribution in [0.2, 0.25) is 0 Å². The van der Waals surface area contributed by atoms with E-state index in [1.807, 2.05) is 36.4 Å². The highest BCUT2D eigenvalue weighted by molar-refractivity contribution is 5.74. The van der Waals surface area contributed by atoms with E-state index in [9.17, 15) is 10.1 Å². The Hall–Kier alpha value is -2.81. The second-order valence-corrected chi connectivity index (χ2v) is 6.43. The van der Waals surface area contributed by atoms with Crippen LogP contribution >= 0.6 is 0 Å². The Morgan fingerprint density at radius 1 is 1.28 bits per heavy atom. The molecule has 1 aromatic carbocycles. The highest BCUT2D eigenvalue weighted by atomic mass is 16.5. The number of nitrogens with two attached hydrogens (primary N) is 1. The molecular formula is C19H22N4O2. The summed E-state index contributed by atoms with van der Waals surface area (Å²) in [4.78, 5) is 12.2. The third kappa shape index (κ3) is 4.00. The van der Waals surface area contributed by atoms with E-state index >= 15 is 0 Å². The first-order valence-electron chi connectivity index (χ1n) is 8.67. The fraction of sp³-hybridized carbons (Fsp3) is 0.421. The van der Waals surface area contributed by atoms with Crippen molar-refractivity contribution < 1.29 is 9.53 Å². The predicted octanol–water partition coefficient (Wildman–Crippen LogP) is 2.99. The van der Waals surface area contributed by atoms with Gasteiger partial charge in [-0.1, -0.05) is 37.5 Å². The minimum absolute atomic E-state index is 0.0420. The number of aromatic nitrogens is 2. The summed E-state index contributed by atoms with van der Waals surface area (Å²) in [7, 11) is 0. The summed E-state index contributed by atoms with van der Waals surface area (Å²) in [5.41, 5.74) is 7.38. The van der Waals surface area contributed by atoms with Gasteiger partial charge in [-0.05, 0) is 30.9 Å². The Balaban J connectivity index is 1.69. The van der Waals surface area contributed by atoms with Gasteiger partial charge in [0.15, 0.2) is 0 Å². The molecule has 1 aliphatic rings. The van der Waals surface area contributed by atoms with Gasteiger partial charge in [-0.15, -0.1) is 0 Å². The number of nitrogens with zero attached hydrogens (tertiary/aromatic N) is 3. The van der Waals surface area contributed by atoms with Crippen molar-refractivity contribution in [2.45, 2.75) is 38.5 Å². The molecule has 0 bridgehead atoms. The lowest BCUT2D eigenvalue weighted by molar-refractivity contribution is -0.144. The summed E-state index contributed by atoms with van der Waals surface area (Å²) in [5, 5.41) is 13.7. The third-order valence-corrected chi connectivity index (χ3v) is 4.62. The van der Waals surface area contributed by atoms with Crippen molar-refractivity contribution in [3.63, 3.8) is 0 Å². The smallest absolute Gasteiger partial charge is 0.311 e. The normalized spacial score (nSPS) is 14.8. The summed E-state index contributed by atoms with van der Waals surface area (Å²) in [6.07, 6.45) is 5.88. The van der Waals surface area contributed by atoms with Crippen LogP contribution in [0.4, 0.5) is 5.82 Å². The summed E-state index contributed by atoms with van der Waals surface area (Å²) in [5.74, 6) is 0.337. The van der Waals surface area contributed by atoms with Crippen LogP contribution in [0, 0.1) is 17.2 Å². The first-order valence-corrected chi connectivity index (χ1v) is 8.67. The average molecular weight is 338 g/mol. The monoisotopic (exact) mass is 338 g/mol. The number of benzene rings is 1. The summed E-state index contributed by atoms with van der Waals surface area (Å²) in [6, 6.07) is 11.3. The van der Waals surface area contributed by atoms with Gasteiger partial charge >= 0.3 is 5.97 Å². The molecule has 2 aromatic rings. The molecule has 3 rings (SSSR count). The molecule has 0 amide bonds. The van der Waals surface area contributed by atoms with E-state index in [1.54, 1.807) is 0 Å². The molecule has 1 saturated carbocycles. The first-order chi connectivity index (χ1) is 12.2. The SMILES string of the molecule is N#Cc1c(CC(=O)OCC2CCCCC2)nn(-c2ccccc2)c1N. The molecule has 2 N–H and O–H groups in total. The highest BCUT2D eigenvalue weighted by Crippen LogP contribution is 2.24. The van der Waals surface area contributed by atoms with Gasteiger partial charge in [0.2, 0.25) is 0 Å². The van der Waals surface area contributed by atoms with Crippen molar-refractivity contribution >= 4 is 11.8 Å². The maximum absolute atomic E-state index is 12.2. The summed E-state index contributed by atoms with van der Waals surface area (Å²) >= 11 is 0. The second kappa shape index (κ2) is 7.84. The number of rotatable bonds is 5. The molecular weight excluding hydrogens is 316 g/mol. The van der Waals surface area contributed by atoms with Gasteiger partial charge in [0.25, 0.3) is 0 Å². The number of nitriles is 1. The van der Waals surface area contributed by atoms with Crippen molar-refractivity contribution in [2.75, 3.05) is 12.3 Å². The summed E-state index contributed by atoms with van der Waals surface area (Å²) < 4.78 is 6.89. The molecule has 0 radical (unpaired) electrons. The molecule has 0 unspecified atom stereocenters. The zero-order chi connectivity index (χ0) is 17.6. The molecule has 1 fully saturated rings. The van der Waals surface area contributed by atoms with Crippen LogP contribution in [0.15, 0.2) is 30.3 Å². The van der Waals surface area contributed by atoms with Crippen LogP contribution < -0.4 is 5.73 Å². The Bertz CT molecular complexity index is 771. The van der Waals surface area contributed by atoms with Crippen molar-refractivity contribution in [2.24, 2.45) is 5.92 Å². The number of hydrogen-bond donors (Lipinski definition) is 1. The Morgan fingerprint density at radius 2 is 2.00 bits per heavy atom. The van der Waals surface area contributed by atoms with E-state index in [0.717, 1.165) is 18.5 Å². The minimum atomic E-state index is -0.361. The molecule has 1 heterocycles. The largest absolute Gasteiger partial charge is 0.465 e. The average Bonchev–Trinajstić information content (AvgIpc) is 2.97. The topological polar surface area (TPSA) is 93.9 Å². The van der Waals surface area contributed by atoms with Gasteiger partial charge in [0, 0.05) is 0 Å². The molecule has 0 aliphatic heterocycles. The van der Waals surface area contributed by atoms with Gasteiger partial charge in [-0.25, -0.2) is 4.68 Å². The molecule has 25 heavy (non-hydrogen) atoms. The number of ether oxygens (including phenoxy) is 1. The number of anilines is 1. The van der Waals surface area contributed by atoms with Gasteiger partial charge < -0.3 is 10.5 Å². The zero-order valence-corrected chi connectivity index (χ0v) is 14.1. The van der Waals surface area contributed by atoms with Crippen LogP contribution in [0.3, 0.4) is 0 Å². The molecule has 0 spiro atoms. The quantitative estimate of drug-likeness (QED) is 0.846. The van der Waals surface area contributed by atoms with Crippen LogP contribution in [-0.2, 0) is 16.0 Å². The van der Waals surface area contributed by atoms with Crippen LogP contribution in [-0.4, -0.2) is 22.4 Å². The highest BCUT2D eigenvalue weighted by Gasteiger charge is 2.21. The lowest BCUT2D eigenvalue weighted by atomic mass is 9.90. The van der Waals surface area contributed by atoms with Gasteiger partial charge in [0.05, 0.1) is 24.4 Å². The van der Waals surface area contributed by atoms with Gasteiger partial charge in [-0.2, -0.15) is 10.4 Å². The van der Waals surface area contributed by atoms with Crippen LogP contribution in [0.5, 0.6) is 0 Å². The lowest BCUT2D eigenvalue weighted by Crippen LogP contribution is -2.18. The van der Waals surface area contributed by atoms with Crippen LogP contribution in [0.25, 0.3) is 5.69 Å². The fourth-order valence-corrected chi connectivity index (χ4v) is 3.24. The van der Waals surface area contributed by atoms with E-state index in [1.165, 1.54) is 23.9 Å². The van der Waals surface area contributed by atoms with Crippen molar-refractivity contribution in [1.29, 1.82) is 5.26 Å². The van der Waals surface area contributed by atoms with E-state index in [4.69, 9.17) is 10.5 Å². The molecule has 6 heteroatoms. The zero-order valence-electron chi connectivity index (χ0n) is 14.1. The molecule has 0 atom stereocenters. The van der Waals surface area contributed by atoms with E-state index in [2.05, 4.69) is 5.10 Å². The lowest BCUT2D eigenvalue weighted by Gasteiger charge is -2.20. The van der Waals surface area contributed by atoms with Crippen LogP contribution in [0.1, 0.15) is 43.4 Å². The maximum Gasteiger partial charge on any atom is 0.311 e. The number of hydrogen-bond acceptors (Lipinski definition) is 5. The standard InChI is InChI=1S/C19H22N4O2/c20-12-16-17(11-18(24)25-13-14-7-3-1-4-8-14)22-23(19(16)21)15-9-5-2-6-10-15/h2,5-6,9-10,14H,1,3-4,7-8,11,13,21H2. The molecule has 130 valence electrons. The third-order valence-electron chi connectivity index (χ3n) is 4.62. The number of nitrogen functional groups attached to an aromatic ring is 1. The molecule has 0 saturated heterocycles. The molecule has 1 aliphatic carbocycles. The number of carbonyl (C=O) groups is 1. The van der Waals surface area contributed by atoms with Crippen molar-refractivity contribution in [3.8, 4) is 11.8 Å². The number of esters is 1. The summed E-state index contributed by atoms with van der Waals surface area (Å²) in [6.45, 7) is 0.454. The first kappa shape index (κ1) is 17.0. The van der Waals surface area contributed by atoms with Crippen molar-refractivity contribution in [3.05, 3.63) is 41.6 Å². The predicted molar refractivity (Wildman–Crippen MR) is 93.9 cm³/mol. The minimum Gasteiger partial charge on any atom is -0.465 e. The molecule has 1 aromatic heterocycles. The number of para-hydroxylation sites is 1. The Kier molecular flexibility index (Phi) is 5.34. The van der Waals surface area contributed by atoms with E-state index in [-0.39, 0.29) is 23.8 Å². The fourth-order valence-electron chi connectivity index (χ4n) is 3.24. The maximum atomic E-state index is 12.2. The Morgan fingerprint density at radius 3 is 2.68 bits per heavy atom. The molecule has 6 nitrogen and oxygen atoms in total. The van der Waals surface area contributed by atoms with E-state index in [0.29, 0.717) is 18.2 Å². The second-order valence-electron chi connectivity index (χ2n) is 6.43. The van der Waals surface area contributed by atoms with Gasteiger partial charge in [-0.3, -0.25) is 4.79 Å². The van der Waals surface area contributed by atoms with E-state index < -0.39 is 0 Å². The van der Waals surface area contributed by atoms with Gasteiger partial charge in [0.1, 0.15) is 17.5 Å².